The zero-order chi connectivity index (χ0) is 9.26. The van der Waals surface area contributed by atoms with Crippen molar-refractivity contribution in [3.63, 3.8) is 0 Å². The molecule has 0 radical (unpaired) electrons. The number of imidazole rings is 1. The molecule has 68 valence electrons. The molecule has 3 nitrogen and oxygen atoms in total. The van der Waals surface area contributed by atoms with Gasteiger partial charge in [0.05, 0.1) is 24.2 Å². The predicted molar refractivity (Wildman–Crippen MR) is 51.3 cm³/mol. The van der Waals surface area contributed by atoms with Crippen LogP contribution in [0.2, 0.25) is 0 Å². The minimum atomic E-state index is 0.400. The fourth-order valence-corrected chi connectivity index (χ4v) is 1.51. The second-order valence-corrected chi connectivity index (χ2v) is 2.90. The third-order valence-electron chi connectivity index (χ3n) is 1.90. The molecule has 0 saturated carbocycles. The van der Waals surface area contributed by atoms with Gasteiger partial charge in [-0.25, -0.2) is 0 Å². The second-order valence-electron chi connectivity index (χ2n) is 2.63. The van der Waals surface area contributed by atoms with Crippen LogP contribution in [0.4, 0.5) is 0 Å². The second kappa shape index (κ2) is 3.26. The zero-order valence-corrected chi connectivity index (χ0v) is 7.95. The summed E-state index contributed by atoms with van der Waals surface area (Å²) in [5.74, 6) is 0.400. The van der Waals surface area contributed by atoms with Crippen LogP contribution in [0.5, 0.6) is 6.01 Å². The molecule has 0 N–H and O–H groups in total. The van der Waals surface area contributed by atoms with Gasteiger partial charge in [0.2, 0.25) is 0 Å². The van der Waals surface area contributed by atoms with Crippen LogP contribution in [-0.4, -0.2) is 16.5 Å². The molecular formula is C9H9ClN2O. The molecule has 0 saturated heterocycles. The van der Waals surface area contributed by atoms with Crippen molar-refractivity contribution < 1.29 is 4.74 Å². The van der Waals surface area contributed by atoms with Crippen LogP contribution in [0.1, 0.15) is 5.69 Å². The molecule has 0 aromatic carbocycles. The maximum Gasteiger partial charge on any atom is 0.301 e. The van der Waals surface area contributed by atoms with E-state index in [2.05, 4.69) is 4.98 Å². The molecule has 2 aromatic heterocycles. The van der Waals surface area contributed by atoms with Crippen LogP contribution in [0, 0.1) is 0 Å². The molecule has 0 atom stereocenters. The van der Waals surface area contributed by atoms with E-state index >= 15 is 0 Å². The summed E-state index contributed by atoms with van der Waals surface area (Å²) in [6, 6.07) is 6.42. The number of alkyl halides is 1. The predicted octanol–water partition coefficient (Wildman–Crippen LogP) is 2.08. The highest BCUT2D eigenvalue weighted by Gasteiger charge is 2.08. The number of halogens is 1. The first kappa shape index (κ1) is 8.38. The lowest BCUT2D eigenvalue weighted by Gasteiger charge is -1.96. The van der Waals surface area contributed by atoms with E-state index in [1.807, 2.05) is 28.8 Å². The van der Waals surface area contributed by atoms with Gasteiger partial charge in [0, 0.05) is 6.20 Å². The fraction of sp³-hybridized carbons (Fsp3) is 0.222. The van der Waals surface area contributed by atoms with Gasteiger partial charge in [-0.3, -0.25) is 4.40 Å². The van der Waals surface area contributed by atoms with Gasteiger partial charge in [0.25, 0.3) is 0 Å². The topological polar surface area (TPSA) is 26.5 Å². The summed E-state index contributed by atoms with van der Waals surface area (Å²) in [5, 5.41) is 0. The summed E-state index contributed by atoms with van der Waals surface area (Å²) in [5.41, 5.74) is 1.84. The van der Waals surface area contributed by atoms with E-state index in [-0.39, 0.29) is 0 Å². The Balaban J connectivity index is 2.74. The Morgan fingerprint density at radius 3 is 3.08 bits per heavy atom. The van der Waals surface area contributed by atoms with Crippen molar-refractivity contribution in [2.75, 3.05) is 7.11 Å². The molecule has 0 aliphatic carbocycles. The standard InChI is InChI=1S/C9H9ClN2O/c1-13-9-11-7(6-10)8-4-2-3-5-12(8)9/h2-5H,6H2,1H3. The average Bonchev–Trinajstić information content (AvgIpc) is 2.56. The number of pyridine rings is 1. The number of hydrogen-bond acceptors (Lipinski definition) is 2. The van der Waals surface area contributed by atoms with E-state index in [4.69, 9.17) is 16.3 Å². The van der Waals surface area contributed by atoms with Gasteiger partial charge in [0.1, 0.15) is 0 Å². The van der Waals surface area contributed by atoms with Crippen LogP contribution in [0.15, 0.2) is 24.4 Å². The van der Waals surface area contributed by atoms with Crippen molar-refractivity contribution in [3.8, 4) is 6.01 Å². The highest BCUT2D eigenvalue weighted by Crippen LogP contribution is 2.19. The molecule has 4 heteroatoms. The Labute approximate surface area is 80.9 Å². The Morgan fingerprint density at radius 2 is 2.38 bits per heavy atom. The van der Waals surface area contributed by atoms with Crippen molar-refractivity contribution in [2.24, 2.45) is 0 Å². The number of fused-ring (bicyclic) bond motifs is 1. The largest absolute Gasteiger partial charge is 0.468 e. The number of ether oxygens (including phenoxy) is 1. The molecule has 0 unspecified atom stereocenters. The first-order valence-electron chi connectivity index (χ1n) is 3.92. The molecular weight excluding hydrogens is 188 g/mol. The van der Waals surface area contributed by atoms with E-state index in [9.17, 15) is 0 Å². The van der Waals surface area contributed by atoms with Crippen LogP contribution < -0.4 is 4.74 Å². The lowest BCUT2D eigenvalue weighted by molar-refractivity contribution is 0.377. The third kappa shape index (κ3) is 1.25. The average molecular weight is 197 g/mol. The zero-order valence-electron chi connectivity index (χ0n) is 7.20. The minimum absolute atomic E-state index is 0.400. The molecule has 13 heavy (non-hydrogen) atoms. The molecule has 0 spiro atoms. The van der Waals surface area contributed by atoms with Crippen LogP contribution in [0.25, 0.3) is 5.52 Å². The number of nitrogens with zero attached hydrogens (tertiary/aromatic N) is 2. The summed E-state index contributed by atoms with van der Waals surface area (Å²) < 4.78 is 6.98. The van der Waals surface area contributed by atoms with Crippen molar-refractivity contribution >= 4 is 17.1 Å². The molecule has 0 fully saturated rings. The van der Waals surface area contributed by atoms with Crippen molar-refractivity contribution in [2.45, 2.75) is 5.88 Å². The van der Waals surface area contributed by atoms with E-state index in [1.165, 1.54) is 0 Å². The normalized spacial score (nSPS) is 10.6. The Hall–Kier alpha value is -1.22. The fourth-order valence-electron chi connectivity index (χ4n) is 1.31. The molecule has 2 aromatic rings. The Morgan fingerprint density at radius 1 is 1.54 bits per heavy atom. The van der Waals surface area contributed by atoms with Gasteiger partial charge >= 0.3 is 6.01 Å². The quantitative estimate of drug-likeness (QED) is 0.688. The van der Waals surface area contributed by atoms with E-state index in [1.54, 1.807) is 7.11 Å². The number of hydrogen-bond donors (Lipinski definition) is 0. The summed E-state index contributed by atoms with van der Waals surface area (Å²) in [6.07, 6.45) is 1.90. The van der Waals surface area contributed by atoms with Crippen LogP contribution in [0.3, 0.4) is 0 Å². The summed E-state index contributed by atoms with van der Waals surface area (Å²) in [6.45, 7) is 0. The lowest BCUT2D eigenvalue weighted by atomic mass is 10.3. The molecule has 0 bridgehead atoms. The maximum absolute atomic E-state index is 5.74. The first-order valence-corrected chi connectivity index (χ1v) is 4.46. The number of aromatic nitrogens is 2. The van der Waals surface area contributed by atoms with Crippen LogP contribution >= 0.6 is 11.6 Å². The van der Waals surface area contributed by atoms with E-state index in [0.29, 0.717) is 11.9 Å². The maximum atomic E-state index is 5.74. The van der Waals surface area contributed by atoms with Gasteiger partial charge in [-0.05, 0) is 12.1 Å². The van der Waals surface area contributed by atoms with Gasteiger partial charge in [-0.15, -0.1) is 11.6 Å². The Bertz CT molecular complexity index is 386. The number of rotatable bonds is 2. The molecule has 2 heterocycles. The SMILES string of the molecule is COc1nc(CCl)c2ccccn12. The van der Waals surface area contributed by atoms with Crippen molar-refractivity contribution in [3.05, 3.63) is 30.1 Å². The van der Waals surface area contributed by atoms with Gasteiger partial charge in [0.15, 0.2) is 0 Å². The summed E-state index contributed by atoms with van der Waals surface area (Å²) in [4.78, 5) is 4.24. The van der Waals surface area contributed by atoms with E-state index in [0.717, 1.165) is 11.2 Å². The smallest absolute Gasteiger partial charge is 0.301 e. The third-order valence-corrected chi connectivity index (χ3v) is 2.15. The minimum Gasteiger partial charge on any atom is -0.468 e. The first-order chi connectivity index (χ1) is 6.36. The Kier molecular flexibility index (Phi) is 2.10. The van der Waals surface area contributed by atoms with Crippen molar-refractivity contribution in [1.82, 2.24) is 9.38 Å². The highest BCUT2D eigenvalue weighted by atomic mass is 35.5. The van der Waals surface area contributed by atoms with Crippen LogP contribution in [-0.2, 0) is 5.88 Å². The van der Waals surface area contributed by atoms with Crippen molar-refractivity contribution in [1.29, 1.82) is 0 Å². The highest BCUT2D eigenvalue weighted by molar-refractivity contribution is 6.17. The lowest BCUT2D eigenvalue weighted by Crippen LogP contribution is -1.89. The molecule has 0 aliphatic heterocycles. The monoisotopic (exact) mass is 196 g/mol. The summed E-state index contributed by atoms with van der Waals surface area (Å²) >= 11 is 5.74. The van der Waals surface area contributed by atoms with E-state index < -0.39 is 0 Å². The van der Waals surface area contributed by atoms with Gasteiger partial charge in [-0.1, -0.05) is 6.07 Å². The molecule has 0 aliphatic rings. The number of methoxy groups -OCH3 is 1. The van der Waals surface area contributed by atoms with Gasteiger partial charge in [-0.2, -0.15) is 4.98 Å². The molecule has 2 rings (SSSR count). The molecule has 0 amide bonds. The summed E-state index contributed by atoms with van der Waals surface area (Å²) in [7, 11) is 1.60. The van der Waals surface area contributed by atoms with Gasteiger partial charge < -0.3 is 4.74 Å².